The Morgan fingerprint density at radius 3 is 2.68 bits per heavy atom. The number of nitrogens with one attached hydrogen (secondary N) is 1. The zero-order valence-electron chi connectivity index (χ0n) is 11.9. The molecule has 0 radical (unpaired) electrons. The largest absolute Gasteiger partial charge is 0.493 e. The lowest BCUT2D eigenvalue weighted by molar-refractivity contribution is 0.139. The third-order valence-corrected chi connectivity index (χ3v) is 3.30. The third kappa shape index (κ3) is 6.95. The van der Waals surface area contributed by atoms with Gasteiger partial charge in [0.1, 0.15) is 5.75 Å². The fraction of sp³-hybridized carbons (Fsp3) is 0.600. The summed E-state index contributed by atoms with van der Waals surface area (Å²) in [6, 6.07) is 6.20. The van der Waals surface area contributed by atoms with Crippen LogP contribution in [0.1, 0.15) is 25.8 Å². The lowest BCUT2D eigenvalue weighted by Crippen LogP contribution is -2.20. The minimum atomic E-state index is 0.686. The molecular weight excluding hydrogens is 306 g/mol. The van der Waals surface area contributed by atoms with Gasteiger partial charge >= 0.3 is 0 Å². The van der Waals surface area contributed by atoms with E-state index in [4.69, 9.17) is 9.47 Å². The summed E-state index contributed by atoms with van der Waals surface area (Å²) in [5.41, 5.74) is 1.26. The highest BCUT2D eigenvalue weighted by Gasteiger charge is 2.02. The highest BCUT2D eigenvalue weighted by Crippen LogP contribution is 2.26. The van der Waals surface area contributed by atoms with Gasteiger partial charge in [0.15, 0.2) is 0 Å². The molecule has 1 aromatic rings. The van der Waals surface area contributed by atoms with Crippen molar-refractivity contribution in [2.75, 3.05) is 32.9 Å². The molecule has 0 aliphatic heterocycles. The molecule has 0 aromatic heterocycles. The molecule has 0 spiro atoms. The van der Waals surface area contributed by atoms with Crippen LogP contribution in [-0.4, -0.2) is 32.9 Å². The van der Waals surface area contributed by atoms with Gasteiger partial charge in [0.05, 0.1) is 24.3 Å². The molecule has 0 atom stereocenters. The fourth-order valence-electron chi connectivity index (χ4n) is 1.71. The Kier molecular flexibility index (Phi) is 8.88. The Morgan fingerprint density at radius 1 is 1.16 bits per heavy atom. The molecule has 1 N–H and O–H groups in total. The van der Waals surface area contributed by atoms with Crippen LogP contribution in [0.3, 0.4) is 0 Å². The van der Waals surface area contributed by atoms with Crippen molar-refractivity contribution < 1.29 is 9.47 Å². The summed E-state index contributed by atoms with van der Waals surface area (Å²) >= 11 is 3.52. The van der Waals surface area contributed by atoms with E-state index in [1.54, 1.807) is 0 Å². The van der Waals surface area contributed by atoms with Crippen LogP contribution < -0.4 is 10.1 Å². The molecule has 0 aliphatic carbocycles. The van der Waals surface area contributed by atoms with Crippen LogP contribution in [0, 0.1) is 0 Å². The van der Waals surface area contributed by atoms with Crippen LogP contribution in [0.2, 0.25) is 0 Å². The van der Waals surface area contributed by atoms with Crippen LogP contribution in [0.15, 0.2) is 22.7 Å². The van der Waals surface area contributed by atoms with Gasteiger partial charge < -0.3 is 14.8 Å². The van der Waals surface area contributed by atoms with Crippen molar-refractivity contribution in [2.24, 2.45) is 0 Å². The molecule has 1 aromatic carbocycles. The Labute approximate surface area is 124 Å². The molecule has 1 rings (SSSR count). The van der Waals surface area contributed by atoms with E-state index in [-0.39, 0.29) is 0 Å². The molecule has 4 heteroatoms. The summed E-state index contributed by atoms with van der Waals surface area (Å²) in [4.78, 5) is 0. The average molecular weight is 330 g/mol. The van der Waals surface area contributed by atoms with E-state index in [2.05, 4.69) is 40.3 Å². The van der Waals surface area contributed by atoms with Crippen molar-refractivity contribution in [1.29, 1.82) is 0 Å². The first-order valence-corrected chi connectivity index (χ1v) is 7.77. The van der Waals surface area contributed by atoms with E-state index < -0.39 is 0 Å². The van der Waals surface area contributed by atoms with Gasteiger partial charge in [-0.25, -0.2) is 0 Å². The normalized spacial score (nSPS) is 10.7. The van der Waals surface area contributed by atoms with Gasteiger partial charge in [-0.3, -0.25) is 0 Å². The van der Waals surface area contributed by atoms with Gasteiger partial charge in [0.2, 0.25) is 0 Å². The predicted octanol–water partition coefficient (Wildman–Crippen LogP) is 3.41. The molecule has 3 nitrogen and oxygen atoms in total. The van der Waals surface area contributed by atoms with Crippen LogP contribution in [0.4, 0.5) is 0 Å². The Morgan fingerprint density at radius 2 is 2.00 bits per heavy atom. The summed E-state index contributed by atoms with van der Waals surface area (Å²) in [7, 11) is 0. The van der Waals surface area contributed by atoms with Gasteiger partial charge in [0.25, 0.3) is 0 Å². The van der Waals surface area contributed by atoms with Gasteiger partial charge in [-0.2, -0.15) is 0 Å². The molecule has 0 fully saturated rings. The van der Waals surface area contributed by atoms with Gasteiger partial charge in [-0.1, -0.05) is 13.0 Å². The maximum absolute atomic E-state index is 5.59. The minimum absolute atomic E-state index is 0.686. The lowest BCUT2D eigenvalue weighted by atomic mass is 10.1. The summed E-state index contributed by atoms with van der Waals surface area (Å²) < 4.78 is 12.1. The maximum atomic E-state index is 5.59. The molecule has 0 bridgehead atoms. The van der Waals surface area contributed by atoms with E-state index in [0.717, 1.165) is 42.9 Å². The van der Waals surface area contributed by atoms with Crippen molar-refractivity contribution in [3.8, 4) is 5.75 Å². The molecule has 19 heavy (non-hydrogen) atoms. The van der Waals surface area contributed by atoms with E-state index in [1.807, 2.05) is 13.0 Å². The first kappa shape index (κ1) is 16.5. The lowest BCUT2D eigenvalue weighted by Gasteiger charge is -2.09. The average Bonchev–Trinajstić information content (AvgIpc) is 2.41. The molecule has 0 aliphatic rings. The number of ether oxygens (including phenoxy) is 2. The number of halogens is 1. The van der Waals surface area contributed by atoms with Crippen LogP contribution in [0.5, 0.6) is 5.75 Å². The minimum Gasteiger partial charge on any atom is -0.493 e. The van der Waals surface area contributed by atoms with E-state index >= 15 is 0 Å². The first-order valence-electron chi connectivity index (χ1n) is 6.97. The molecule has 0 saturated carbocycles. The second kappa shape index (κ2) is 10.2. The van der Waals surface area contributed by atoms with E-state index in [0.29, 0.717) is 6.61 Å². The number of benzene rings is 1. The van der Waals surface area contributed by atoms with Crippen LogP contribution in [-0.2, 0) is 11.2 Å². The second-order valence-corrected chi connectivity index (χ2v) is 5.16. The van der Waals surface area contributed by atoms with E-state index in [9.17, 15) is 0 Å². The monoisotopic (exact) mass is 329 g/mol. The zero-order valence-corrected chi connectivity index (χ0v) is 13.5. The van der Waals surface area contributed by atoms with Gasteiger partial charge in [-0.05, 0) is 59.9 Å². The number of hydrogen-bond acceptors (Lipinski definition) is 3. The molecule has 0 unspecified atom stereocenters. The molecule has 0 saturated heterocycles. The second-order valence-electron chi connectivity index (χ2n) is 4.31. The quantitative estimate of drug-likeness (QED) is 0.667. The third-order valence-electron chi connectivity index (χ3n) is 2.68. The summed E-state index contributed by atoms with van der Waals surface area (Å²) in [5, 5.41) is 3.32. The van der Waals surface area contributed by atoms with Crippen molar-refractivity contribution in [1.82, 2.24) is 5.32 Å². The first-order chi connectivity index (χ1) is 9.27. The standard InChI is InChI=1S/C15H24BrNO2/c1-3-8-17-9-11-18-10-7-13-5-6-15(19-4-2)14(16)12-13/h5-6,12,17H,3-4,7-11H2,1-2H3. The van der Waals surface area contributed by atoms with Crippen molar-refractivity contribution in [3.05, 3.63) is 28.2 Å². The summed E-state index contributed by atoms with van der Waals surface area (Å²) in [5.74, 6) is 0.899. The smallest absolute Gasteiger partial charge is 0.133 e. The zero-order chi connectivity index (χ0) is 13.9. The van der Waals surface area contributed by atoms with Gasteiger partial charge in [0, 0.05) is 6.54 Å². The Balaban J connectivity index is 2.20. The van der Waals surface area contributed by atoms with Crippen LogP contribution >= 0.6 is 15.9 Å². The van der Waals surface area contributed by atoms with Crippen molar-refractivity contribution in [2.45, 2.75) is 26.7 Å². The Hall–Kier alpha value is -0.580. The number of rotatable bonds is 10. The van der Waals surface area contributed by atoms with Crippen molar-refractivity contribution in [3.63, 3.8) is 0 Å². The molecule has 0 heterocycles. The highest BCUT2D eigenvalue weighted by atomic mass is 79.9. The summed E-state index contributed by atoms with van der Waals surface area (Å²) in [6.45, 7) is 8.37. The topological polar surface area (TPSA) is 30.5 Å². The molecule has 0 amide bonds. The maximum Gasteiger partial charge on any atom is 0.133 e. The SMILES string of the molecule is CCCNCCOCCc1ccc(OCC)c(Br)c1. The van der Waals surface area contributed by atoms with Crippen LogP contribution in [0.25, 0.3) is 0 Å². The van der Waals surface area contributed by atoms with Crippen molar-refractivity contribution >= 4 is 15.9 Å². The van der Waals surface area contributed by atoms with Gasteiger partial charge in [-0.15, -0.1) is 0 Å². The fourth-order valence-corrected chi connectivity index (χ4v) is 2.25. The summed E-state index contributed by atoms with van der Waals surface area (Å²) in [6.07, 6.45) is 2.10. The van der Waals surface area contributed by atoms with E-state index in [1.165, 1.54) is 12.0 Å². The molecule has 108 valence electrons. The predicted molar refractivity (Wildman–Crippen MR) is 83.0 cm³/mol. The number of hydrogen-bond donors (Lipinski definition) is 1. The molecular formula is C15H24BrNO2. The highest BCUT2D eigenvalue weighted by molar-refractivity contribution is 9.10. The Bertz CT molecular complexity index is 358.